The molecule has 3 N–H and O–H groups in total. The summed E-state index contributed by atoms with van der Waals surface area (Å²) in [5.41, 5.74) is -6.25. The van der Waals surface area contributed by atoms with E-state index in [1.165, 1.54) is 27.7 Å². The summed E-state index contributed by atoms with van der Waals surface area (Å²) in [7, 11) is 0. The third kappa shape index (κ3) is 3.39. The van der Waals surface area contributed by atoms with Gasteiger partial charge in [-0.15, -0.1) is 0 Å². The summed E-state index contributed by atoms with van der Waals surface area (Å²) < 4.78 is 36.1. The molecule has 0 bridgehead atoms. The zero-order chi connectivity index (χ0) is 35.0. The Morgan fingerprint density at radius 3 is 2.04 bits per heavy atom. The van der Waals surface area contributed by atoms with E-state index in [4.69, 9.17) is 28.4 Å². The van der Waals surface area contributed by atoms with E-state index in [0.717, 1.165) is 0 Å². The molecule has 20 atom stereocenters. The van der Waals surface area contributed by atoms with Crippen LogP contribution in [0.25, 0.3) is 0 Å². The second kappa shape index (κ2) is 9.36. The van der Waals surface area contributed by atoms with Gasteiger partial charge >= 0.3 is 23.9 Å². The largest absolute Gasteiger partial charge is 0.462 e. The van der Waals surface area contributed by atoms with Gasteiger partial charge in [0, 0.05) is 61.2 Å². The highest BCUT2D eigenvalue weighted by Crippen LogP contribution is 2.81. The van der Waals surface area contributed by atoms with E-state index in [1.54, 1.807) is 20.8 Å². The molecule has 0 amide bonds. The van der Waals surface area contributed by atoms with Crippen molar-refractivity contribution in [2.45, 2.75) is 122 Å². The molecule has 264 valence electrons. The molecule has 2 unspecified atom stereocenters. The lowest BCUT2D eigenvalue weighted by Gasteiger charge is -2.65. The number of hydrogen-bond donors (Lipinski definition) is 3. The van der Waals surface area contributed by atoms with Gasteiger partial charge in [0.25, 0.3) is 0 Å². The first-order valence-electron chi connectivity index (χ1n) is 16.9. The maximum atomic E-state index is 14.4. The third-order valence-corrected chi connectivity index (χ3v) is 14.7. The van der Waals surface area contributed by atoms with E-state index in [0.29, 0.717) is 0 Å². The average Bonchev–Trinajstić information content (AvgIpc) is 3.88. The SMILES string of the molecule is CC(=O)O[C@H]1[C@@H]2[C@H]([C@H](C)[C@H]3O[C@]34OC(=O)[C@@](C)(O)[C@]24C)[C@]2(C)[C@@H]1C1C([C@H](O)[C@@H]2OC(C)=O)[C@]2(C)[C@H](C[C@@H]3O[C@@H]3[C@@H]2OC(C)=O)C(=O)[C@@H]1O. The maximum Gasteiger partial charge on any atom is 0.341 e. The van der Waals surface area contributed by atoms with Gasteiger partial charge in [-0.05, 0) is 32.1 Å². The van der Waals surface area contributed by atoms with Crippen LogP contribution in [0.3, 0.4) is 0 Å². The number of ketones is 1. The fraction of sp³-hybridized carbons (Fsp3) is 0.853. The fourth-order valence-electron chi connectivity index (χ4n) is 12.9. The van der Waals surface area contributed by atoms with Crippen molar-refractivity contribution in [2.24, 2.45) is 57.7 Å². The highest BCUT2D eigenvalue weighted by Gasteiger charge is 2.93. The molecule has 8 aliphatic rings. The molecule has 3 saturated heterocycles. The molecule has 48 heavy (non-hydrogen) atoms. The first-order valence-corrected chi connectivity index (χ1v) is 16.9. The number of Topliss-reactive ketones (excluding diaryl/α,β-unsaturated/α-hetero) is 1. The first kappa shape index (κ1) is 32.5. The van der Waals surface area contributed by atoms with Crippen LogP contribution in [0.4, 0.5) is 0 Å². The van der Waals surface area contributed by atoms with Gasteiger partial charge < -0.3 is 43.7 Å². The Balaban J connectivity index is 1.38. The second-order valence-corrected chi connectivity index (χ2v) is 16.5. The van der Waals surface area contributed by atoms with Gasteiger partial charge in [-0.1, -0.05) is 20.8 Å². The normalized spacial score (nSPS) is 59.6. The zero-order valence-corrected chi connectivity index (χ0v) is 28.2. The van der Waals surface area contributed by atoms with Crippen molar-refractivity contribution >= 4 is 29.7 Å². The van der Waals surface area contributed by atoms with E-state index >= 15 is 0 Å². The van der Waals surface area contributed by atoms with Crippen molar-refractivity contribution in [2.75, 3.05) is 0 Å². The first-order chi connectivity index (χ1) is 22.2. The minimum Gasteiger partial charge on any atom is -0.462 e. The molecule has 0 aromatic heterocycles. The molecule has 5 saturated carbocycles. The van der Waals surface area contributed by atoms with Gasteiger partial charge in [-0.3, -0.25) is 19.2 Å². The van der Waals surface area contributed by atoms with Gasteiger partial charge in [0.1, 0.15) is 36.6 Å². The molecule has 1 spiro atoms. The molecule has 14 nitrogen and oxygen atoms in total. The predicted molar refractivity (Wildman–Crippen MR) is 156 cm³/mol. The molecule has 0 radical (unpaired) electrons. The number of aliphatic hydroxyl groups is 3. The molecule has 3 heterocycles. The van der Waals surface area contributed by atoms with Crippen LogP contribution in [-0.4, -0.2) is 105 Å². The van der Waals surface area contributed by atoms with E-state index in [9.17, 15) is 39.3 Å². The standard InChI is InChI=1S/C34H44O14/c1-10-17-20(32(7)33(8,42)29(41)48-34(32)26(10)47-34)25(43-11(2)35)19-16-18(23(40)27(31(17,19)6)44-12(3)36)30(5)14(21(38)22(16)39)9-15-24(46-15)28(30)45-13(4)37/h10,14-20,22-28,39-40,42H,9H2,1-8H3/t10-,14+,15-,16?,17-,18?,19+,20-,22+,23-,24-,25+,26+,27-,28-,30-,31+,32-,33+,34-/m0/s1. The molecule has 5 aliphatic carbocycles. The number of hydrogen-bond acceptors (Lipinski definition) is 14. The van der Waals surface area contributed by atoms with Crippen molar-refractivity contribution in [3.8, 4) is 0 Å². The Hall–Kier alpha value is -2.65. The molecule has 3 aliphatic heterocycles. The number of epoxide rings is 2. The molecule has 14 heteroatoms. The Labute approximate surface area is 277 Å². The topological polar surface area (TPSA) is 208 Å². The van der Waals surface area contributed by atoms with Crippen molar-refractivity contribution < 1.29 is 67.7 Å². The number of rotatable bonds is 3. The van der Waals surface area contributed by atoms with Gasteiger partial charge in [-0.2, -0.15) is 0 Å². The molecule has 0 aromatic carbocycles. The Morgan fingerprint density at radius 2 is 1.44 bits per heavy atom. The Bertz CT molecular complexity index is 1540. The molecule has 0 aromatic rings. The minimum absolute atomic E-state index is 0.239. The van der Waals surface area contributed by atoms with Gasteiger partial charge in [-0.25, -0.2) is 4.79 Å². The summed E-state index contributed by atoms with van der Waals surface area (Å²) >= 11 is 0. The van der Waals surface area contributed by atoms with Gasteiger partial charge in [0.2, 0.25) is 5.79 Å². The average molecular weight is 677 g/mol. The van der Waals surface area contributed by atoms with E-state index in [2.05, 4.69) is 0 Å². The summed E-state index contributed by atoms with van der Waals surface area (Å²) in [4.78, 5) is 66.2. The van der Waals surface area contributed by atoms with Crippen molar-refractivity contribution in [3.05, 3.63) is 0 Å². The van der Waals surface area contributed by atoms with E-state index in [-0.39, 0.29) is 12.5 Å². The van der Waals surface area contributed by atoms with Crippen LogP contribution in [0.15, 0.2) is 0 Å². The maximum absolute atomic E-state index is 14.4. The number of aliphatic hydroxyl groups excluding tert-OH is 2. The number of carbonyl (C=O) groups is 5. The lowest BCUT2D eigenvalue weighted by molar-refractivity contribution is -0.269. The van der Waals surface area contributed by atoms with Crippen LogP contribution in [-0.2, 0) is 52.4 Å². The summed E-state index contributed by atoms with van der Waals surface area (Å²) in [6.45, 7) is 12.1. The number of ether oxygens (including phenoxy) is 6. The lowest BCUT2D eigenvalue weighted by Crippen LogP contribution is -2.74. The number of fused-ring (bicyclic) bond motifs is 9. The van der Waals surface area contributed by atoms with Crippen LogP contribution in [0.2, 0.25) is 0 Å². The predicted octanol–water partition coefficient (Wildman–Crippen LogP) is 0.0530. The van der Waals surface area contributed by atoms with Crippen LogP contribution >= 0.6 is 0 Å². The van der Waals surface area contributed by atoms with E-state index in [1.807, 2.05) is 6.92 Å². The highest BCUT2D eigenvalue weighted by atomic mass is 16.8. The molecular formula is C34H44O14. The van der Waals surface area contributed by atoms with Crippen LogP contribution in [0, 0.1) is 57.7 Å². The molecular weight excluding hydrogens is 632 g/mol. The molecule has 8 rings (SSSR count). The fourth-order valence-corrected chi connectivity index (χ4v) is 12.9. The van der Waals surface area contributed by atoms with Crippen LogP contribution in [0.5, 0.6) is 0 Å². The quantitative estimate of drug-likeness (QED) is 0.205. The number of carbonyl (C=O) groups excluding carboxylic acids is 5. The van der Waals surface area contributed by atoms with Gasteiger partial charge in [0.05, 0.1) is 17.6 Å². The van der Waals surface area contributed by atoms with Crippen molar-refractivity contribution in [3.63, 3.8) is 0 Å². The van der Waals surface area contributed by atoms with Crippen molar-refractivity contribution in [1.82, 2.24) is 0 Å². The van der Waals surface area contributed by atoms with Crippen LogP contribution in [0.1, 0.15) is 61.8 Å². The Kier molecular flexibility index (Phi) is 6.35. The van der Waals surface area contributed by atoms with E-state index < -0.39 is 141 Å². The summed E-state index contributed by atoms with van der Waals surface area (Å²) in [6.07, 6.45) is -7.92. The highest BCUT2D eigenvalue weighted by molar-refractivity contribution is 5.88. The number of esters is 4. The van der Waals surface area contributed by atoms with Crippen molar-refractivity contribution in [1.29, 1.82) is 0 Å². The van der Waals surface area contributed by atoms with Crippen LogP contribution < -0.4 is 0 Å². The molecule has 8 fully saturated rings. The summed E-state index contributed by atoms with van der Waals surface area (Å²) in [5.74, 6) is -10.9. The third-order valence-electron chi connectivity index (χ3n) is 14.7. The second-order valence-electron chi connectivity index (χ2n) is 16.5. The van der Waals surface area contributed by atoms with Gasteiger partial charge in [0.15, 0.2) is 11.4 Å². The smallest absolute Gasteiger partial charge is 0.341 e. The monoisotopic (exact) mass is 676 g/mol. The minimum atomic E-state index is -2.12. The summed E-state index contributed by atoms with van der Waals surface area (Å²) in [6, 6.07) is 0. The Morgan fingerprint density at radius 1 is 0.833 bits per heavy atom. The zero-order valence-electron chi connectivity index (χ0n) is 28.2. The lowest BCUT2D eigenvalue weighted by atomic mass is 9.41. The summed E-state index contributed by atoms with van der Waals surface area (Å²) in [5, 5.41) is 36.7.